The molecule has 0 amide bonds. The van der Waals surface area contributed by atoms with Crippen molar-refractivity contribution in [2.75, 3.05) is 6.54 Å². The molecule has 1 rings (SSSR count). The molecule has 1 aromatic heterocycles. The van der Waals surface area contributed by atoms with E-state index in [-0.39, 0.29) is 12.0 Å². The molecule has 0 saturated heterocycles. The third-order valence-electron chi connectivity index (χ3n) is 3.39. The lowest BCUT2D eigenvalue weighted by atomic mass is 10.0. The summed E-state index contributed by atoms with van der Waals surface area (Å²) in [7, 11) is 1.87. The van der Waals surface area contributed by atoms with E-state index < -0.39 is 5.97 Å². The van der Waals surface area contributed by atoms with E-state index in [1.807, 2.05) is 14.0 Å². The fourth-order valence-electron chi connectivity index (χ4n) is 2.05. The van der Waals surface area contributed by atoms with Gasteiger partial charge in [0.05, 0.1) is 22.8 Å². The molecule has 5 nitrogen and oxygen atoms in total. The maximum atomic E-state index is 10.8. The third kappa shape index (κ3) is 4.21. The maximum absolute atomic E-state index is 10.8. The molecular formula is C14H24ClN3O2. The highest BCUT2D eigenvalue weighted by molar-refractivity contribution is 6.31. The first-order valence-corrected chi connectivity index (χ1v) is 7.21. The first-order valence-electron chi connectivity index (χ1n) is 6.83. The Kier molecular flexibility index (Phi) is 5.59. The second kappa shape index (κ2) is 6.59. The summed E-state index contributed by atoms with van der Waals surface area (Å²) in [6, 6.07) is 0. The molecule has 20 heavy (non-hydrogen) atoms. The minimum Gasteiger partial charge on any atom is -0.481 e. The monoisotopic (exact) mass is 301 g/mol. The molecule has 6 heteroatoms. The summed E-state index contributed by atoms with van der Waals surface area (Å²) >= 11 is 6.36. The van der Waals surface area contributed by atoms with Crippen LogP contribution in [0.1, 0.15) is 45.5 Å². The van der Waals surface area contributed by atoms with Crippen molar-refractivity contribution in [3.8, 4) is 0 Å². The Morgan fingerprint density at radius 3 is 2.45 bits per heavy atom. The van der Waals surface area contributed by atoms with Gasteiger partial charge in [-0.1, -0.05) is 18.5 Å². The Morgan fingerprint density at radius 1 is 1.45 bits per heavy atom. The number of hydrogen-bond acceptors (Lipinski definition) is 3. The molecule has 0 bridgehead atoms. The molecule has 0 fully saturated rings. The summed E-state index contributed by atoms with van der Waals surface area (Å²) in [6.07, 6.45) is 0.907. The number of hydrogen-bond donors (Lipinski definition) is 1. The van der Waals surface area contributed by atoms with Crippen LogP contribution in [-0.2, 0) is 24.8 Å². The molecule has 0 aliphatic heterocycles. The Balaban J connectivity index is 2.95. The number of aryl methyl sites for hydroxylation is 2. The third-order valence-corrected chi connectivity index (χ3v) is 3.82. The molecule has 0 spiro atoms. The van der Waals surface area contributed by atoms with E-state index in [1.54, 1.807) is 4.68 Å². The fourth-order valence-corrected chi connectivity index (χ4v) is 2.41. The lowest BCUT2D eigenvalue weighted by Gasteiger charge is -2.35. The average molecular weight is 302 g/mol. The summed E-state index contributed by atoms with van der Waals surface area (Å²) in [4.78, 5) is 12.9. The van der Waals surface area contributed by atoms with Gasteiger partial charge in [0.2, 0.25) is 0 Å². The van der Waals surface area contributed by atoms with Crippen LogP contribution in [0.4, 0.5) is 0 Å². The Morgan fingerprint density at radius 2 is 2.05 bits per heavy atom. The van der Waals surface area contributed by atoms with Gasteiger partial charge in [0.25, 0.3) is 0 Å². The van der Waals surface area contributed by atoms with Crippen LogP contribution in [0.3, 0.4) is 0 Å². The number of aliphatic carboxylic acids is 1. The van der Waals surface area contributed by atoms with Crippen LogP contribution in [0.15, 0.2) is 0 Å². The van der Waals surface area contributed by atoms with E-state index in [2.05, 4.69) is 30.8 Å². The van der Waals surface area contributed by atoms with E-state index >= 15 is 0 Å². The topological polar surface area (TPSA) is 58.4 Å². The van der Waals surface area contributed by atoms with Crippen LogP contribution in [0.25, 0.3) is 0 Å². The quantitative estimate of drug-likeness (QED) is 0.877. The van der Waals surface area contributed by atoms with E-state index in [0.717, 1.165) is 17.8 Å². The lowest BCUT2D eigenvalue weighted by Crippen LogP contribution is -2.42. The molecule has 0 saturated carbocycles. The summed E-state index contributed by atoms with van der Waals surface area (Å²) in [5, 5.41) is 14.0. The number of rotatable bonds is 6. The zero-order valence-electron chi connectivity index (χ0n) is 12.9. The molecule has 1 N–H and O–H groups in total. The van der Waals surface area contributed by atoms with Crippen molar-refractivity contribution in [2.24, 2.45) is 7.05 Å². The van der Waals surface area contributed by atoms with Crippen LogP contribution in [0.5, 0.6) is 0 Å². The normalized spacial score (nSPS) is 12.2. The highest BCUT2D eigenvalue weighted by Crippen LogP contribution is 2.25. The molecule has 1 heterocycles. The van der Waals surface area contributed by atoms with Crippen LogP contribution in [-0.4, -0.2) is 37.8 Å². The molecule has 0 aliphatic carbocycles. The number of carboxylic acid groups (broad SMARTS) is 1. The van der Waals surface area contributed by atoms with Crippen molar-refractivity contribution in [3.05, 3.63) is 16.4 Å². The first-order chi connectivity index (χ1) is 9.16. The van der Waals surface area contributed by atoms with Gasteiger partial charge >= 0.3 is 5.97 Å². The maximum Gasteiger partial charge on any atom is 0.304 e. The van der Waals surface area contributed by atoms with E-state index in [0.29, 0.717) is 18.1 Å². The van der Waals surface area contributed by atoms with Gasteiger partial charge in [0.15, 0.2) is 0 Å². The molecule has 0 aromatic carbocycles. The standard InChI is InChI=1S/C14H24ClN3O2/c1-6-10-13(15)11(17(5)16-10)9-18(14(2,3)4)8-7-12(19)20/h6-9H2,1-5H3,(H,19,20). The van der Waals surface area contributed by atoms with E-state index in [1.165, 1.54) is 0 Å². The van der Waals surface area contributed by atoms with Crippen molar-refractivity contribution in [3.63, 3.8) is 0 Å². The van der Waals surface area contributed by atoms with Crippen molar-refractivity contribution in [1.82, 2.24) is 14.7 Å². The number of aromatic nitrogens is 2. The summed E-state index contributed by atoms with van der Waals surface area (Å²) in [5.41, 5.74) is 1.69. The van der Waals surface area contributed by atoms with Crippen molar-refractivity contribution < 1.29 is 9.90 Å². The number of nitrogens with zero attached hydrogens (tertiary/aromatic N) is 3. The second-order valence-corrected chi connectivity index (χ2v) is 6.30. The van der Waals surface area contributed by atoms with E-state index in [9.17, 15) is 4.79 Å². The SMILES string of the molecule is CCc1nn(C)c(CN(CCC(=O)O)C(C)(C)C)c1Cl. The molecule has 0 unspecified atom stereocenters. The Bertz CT molecular complexity index is 477. The molecule has 0 atom stereocenters. The molecule has 114 valence electrons. The first kappa shape index (κ1) is 17.0. The fraction of sp³-hybridized carbons (Fsp3) is 0.714. The number of carboxylic acids is 1. The molecule has 1 aromatic rings. The van der Waals surface area contributed by atoms with Gasteiger partial charge in [-0.25, -0.2) is 0 Å². The van der Waals surface area contributed by atoms with Gasteiger partial charge in [0.1, 0.15) is 0 Å². The smallest absolute Gasteiger partial charge is 0.304 e. The highest BCUT2D eigenvalue weighted by Gasteiger charge is 2.25. The average Bonchev–Trinajstić information content (AvgIpc) is 2.58. The highest BCUT2D eigenvalue weighted by atomic mass is 35.5. The van der Waals surface area contributed by atoms with Crippen LogP contribution < -0.4 is 0 Å². The summed E-state index contributed by atoms with van der Waals surface area (Å²) in [5.74, 6) is -0.787. The Hall–Kier alpha value is -1.07. The number of halogens is 1. The van der Waals surface area contributed by atoms with E-state index in [4.69, 9.17) is 16.7 Å². The van der Waals surface area contributed by atoms with Crippen molar-refractivity contribution >= 4 is 17.6 Å². The van der Waals surface area contributed by atoms with Gasteiger partial charge in [-0.05, 0) is 27.2 Å². The van der Waals surface area contributed by atoms with Crippen LogP contribution >= 0.6 is 11.6 Å². The lowest BCUT2D eigenvalue weighted by molar-refractivity contribution is -0.137. The predicted molar refractivity (Wildman–Crippen MR) is 80.0 cm³/mol. The zero-order valence-corrected chi connectivity index (χ0v) is 13.7. The van der Waals surface area contributed by atoms with Crippen molar-refractivity contribution in [2.45, 2.75) is 52.6 Å². The molecule has 0 aliphatic rings. The largest absolute Gasteiger partial charge is 0.481 e. The van der Waals surface area contributed by atoms with Gasteiger partial charge < -0.3 is 5.11 Å². The minimum atomic E-state index is -0.787. The summed E-state index contributed by atoms with van der Waals surface area (Å²) in [6.45, 7) is 9.31. The summed E-state index contributed by atoms with van der Waals surface area (Å²) < 4.78 is 1.79. The minimum absolute atomic E-state index is 0.118. The second-order valence-electron chi connectivity index (χ2n) is 5.92. The molecular weight excluding hydrogens is 278 g/mol. The van der Waals surface area contributed by atoms with Gasteiger partial charge in [0, 0.05) is 25.7 Å². The Labute approximate surface area is 125 Å². The number of carbonyl (C=O) groups is 1. The molecule has 0 radical (unpaired) electrons. The van der Waals surface area contributed by atoms with Crippen molar-refractivity contribution in [1.29, 1.82) is 0 Å². The predicted octanol–water partition coefficient (Wildman–Crippen LogP) is 2.71. The zero-order chi connectivity index (χ0) is 15.5. The van der Waals surface area contributed by atoms with Gasteiger partial charge in [-0.15, -0.1) is 0 Å². The van der Waals surface area contributed by atoms with Crippen LogP contribution in [0.2, 0.25) is 5.02 Å². The van der Waals surface area contributed by atoms with Gasteiger partial charge in [-0.3, -0.25) is 14.4 Å². The van der Waals surface area contributed by atoms with Crippen LogP contribution in [0, 0.1) is 0 Å². The van der Waals surface area contributed by atoms with Gasteiger partial charge in [-0.2, -0.15) is 5.10 Å².